The van der Waals surface area contributed by atoms with Crippen molar-refractivity contribution in [3.05, 3.63) is 131 Å². The summed E-state index contributed by atoms with van der Waals surface area (Å²) in [5, 5.41) is 12.0. The first-order valence-electron chi connectivity index (χ1n) is 26.1. The molecule has 10 rings (SSSR count). The van der Waals surface area contributed by atoms with Crippen molar-refractivity contribution in [2.75, 3.05) is 103 Å². The predicted molar refractivity (Wildman–Crippen MR) is 305 cm³/mol. The molecule has 8 aromatic rings. The van der Waals surface area contributed by atoms with Crippen molar-refractivity contribution >= 4 is 91.8 Å². The van der Waals surface area contributed by atoms with Crippen LogP contribution in [0, 0.1) is 13.8 Å². The van der Waals surface area contributed by atoms with Crippen LogP contribution >= 0.6 is 0 Å². The molecular weight excluding hydrogens is 1050 g/mol. The Morgan fingerprint density at radius 1 is 0.630 bits per heavy atom. The number of halogens is 5. The topological polar surface area (TPSA) is 250 Å². The molecule has 422 valence electrons. The van der Waals surface area contributed by atoms with Crippen molar-refractivity contribution < 1.29 is 31.5 Å². The number of piperidine rings is 1. The molecule has 4 aromatic carbocycles. The van der Waals surface area contributed by atoms with Crippen LogP contribution in [0.4, 0.5) is 79.9 Å². The number of piperazine rings is 1. The summed E-state index contributed by atoms with van der Waals surface area (Å²) in [5.74, 6) is -1.95. The Kier molecular flexibility index (Phi) is 16.7. The number of hydrogen-bond acceptors (Lipinski definition) is 18. The normalized spacial score (nSPS) is 14.5. The number of benzene rings is 4. The fourth-order valence-electron chi connectivity index (χ4n) is 9.35. The zero-order valence-corrected chi connectivity index (χ0v) is 45.4. The van der Waals surface area contributed by atoms with Crippen molar-refractivity contribution in [3.8, 4) is 0 Å². The lowest BCUT2D eigenvalue weighted by molar-refractivity contribution is -0.137. The number of nitrogens with two attached hydrogens (primary N) is 2. The molecule has 81 heavy (non-hydrogen) atoms. The number of carbonyl (C=O) groups excluding carboxylic acids is 2. The van der Waals surface area contributed by atoms with Crippen LogP contribution in [-0.4, -0.2) is 128 Å². The lowest BCUT2D eigenvalue weighted by Crippen LogP contribution is -2.53. The zero-order chi connectivity index (χ0) is 57.8. The Bertz CT molecular complexity index is 3610. The number of fused-ring (bicyclic) bond motifs is 2. The van der Waals surface area contributed by atoms with E-state index in [4.69, 9.17) is 16.5 Å². The maximum atomic E-state index is 14.2. The van der Waals surface area contributed by atoms with E-state index in [9.17, 15) is 31.5 Å². The predicted octanol–water partition coefficient (Wildman–Crippen LogP) is 9.42. The summed E-state index contributed by atoms with van der Waals surface area (Å²) in [6, 6.07) is 20.8. The summed E-state index contributed by atoms with van der Waals surface area (Å²) in [6.45, 7) is 10.9. The number of anilines is 10. The molecule has 20 nitrogen and oxygen atoms in total. The highest BCUT2D eigenvalue weighted by atomic mass is 19.4. The Hall–Kier alpha value is -8.97. The molecule has 0 radical (unpaired) electrons. The molecule has 25 heteroatoms. The summed E-state index contributed by atoms with van der Waals surface area (Å²) >= 11 is 0. The minimum atomic E-state index is -4.54. The van der Waals surface area contributed by atoms with Gasteiger partial charge in [-0.05, 0) is 113 Å². The van der Waals surface area contributed by atoms with Crippen LogP contribution in [0.25, 0.3) is 22.1 Å². The monoisotopic (exact) mass is 1110 g/mol. The number of aryl methyl sites for hydroxylation is 2. The molecule has 0 atom stereocenters. The third-order valence-corrected chi connectivity index (χ3v) is 14.1. The SMILES string of the molecule is CCC(F)(F)c1cccc(C(=O)Nc2ccc(C)c(Nc3ncnc4c(N)nc(N5CCN(C6CCN(C)CC6)CC5)nc34)c2)c1.Cc1ccc(NC(=O)c2cccc(C(F)(F)F)c2)cc1Nc1ncnc2c(N)nc(N(C)C)nc12. The highest BCUT2D eigenvalue weighted by molar-refractivity contribution is 6.06. The maximum absolute atomic E-state index is 14.2. The van der Waals surface area contributed by atoms with Gasteiger partial charge in [0, 0.05) is 92.2 Å². The van der Waals surface area contributed by atoms with Gasteiger partial charge in [0.05, 0.1) is 5.56 Å². The van der Waals surface area contributed by atoms with Gasteiger partial charge in [-0.3, -0.25) is 14.5 Å². The Labute approximate surface area is 463 Å². The zero-order valence-electron chi connectivity index (χ0n) is 45.4. The molecule has 0 bridgehead atoms. The van der Waals surface area contributed by atoms with E-state index >= 15 is 0 Å². The number of carbonyl (C=O) groups is 2. The highest BCUT2D eigenvalue weighted by Gasteiger charge is 2.32. The third kappa shape index (κ3) is 13.2. The first-order valence-corrected chi connectivity index (χ1v) is 26.1. The quantitative estimate of drug-likeness (QED) is 0.0588. The van der Waals surface area contributed by atoms with Crippen molar-refractivity contribution in [2.24, 2.45) is 0 Å². The summed E-state index contributed by atoms with van der Waals surface area (Å²) in [5.41, 5.74) is 16.9. The molecular formula is C56H61F5N18O2. The maximum Gasteiger partial charge on any atom is 0.416 e. The molecule has 2 saturated heterocycles. The van der Waals surface area contributed by atoms with E-state index in [0.29, 0.717) is 74.4 Å². The van der Waals surface area contributed by atoms with Crippen LogP contribution in [0.1, 0.15) is 69.2 Å². The van der Waals surface area contributed by atoms with Gasteiger partial charge >= 0.3 is 6.18 Å². The van der Waals surface area contributed by atoms with Gasteiger partial charge in [-0.1, -0.05) is 37.3 Å². The average Bonchev–Trinajstić information content (AvgIpc) is 3.64. The van der Waals surface area contributed by atoms with Crippen molar-refractivity contribution in [1.82, 2.24) is 49.7 Å². The van der Waals surface area contributed by atoms with Gasteiger partial charge in [0.25, 0.3) is 17.7 Å². The molecule has 2 amide bonds. The van der Waals surface area contributed by atoms with Gasteiger partial charge in [0.1, 0.15) is 34.7 Å². The van der Waals surface area contributed by atoms with Gasteiger partial charge in [0.2, 0.25) is 11.9 Å². The van der Waals surface area contributed by atoms with Gasteiger partial charge in [-0.25, -0.2) is 38.7 Å². The van der Waals surface area contributed by atoms with Crippen molar-refractivity contribution in [2.45, 2.75) is 58.2 Å². The standard InChI is InChI=1S/C33H40F2N10O.C23H21F3N8O/c1-4-33(34,35)23-7-5-6-22(18-23)31(46)39-24-9-8-21(2)26(19-24)40-30-28-27(37-20-38-30)29(36)42-32(41-28)45-16-14-44(15-17-45)25-10-12-43(3)13-11-25;1-12-7-8-15(30-21(35)13-5-4-6-14(9-13)23(24,25)26)10-16(12)31-20-18-17(28-11-29-20)19(27)33-22(32-18)34(2)3/h5-9,18-20,25H,4,10-17H2,1-3H3,(H,39,46)(H2,36,41,42)(H,37,38,40);4-11H,1-3H3,(H,30,35)(H2,27,32,33)(H,28,29,31). The molecule has 0 saturated carbocycles. The lowest BCUT2D eigenvalue weighted by Gasteiger charge is -2.42. The molecule has 0 unspecified atom stereocenters. The number of nitrogens with one attached hydrogen (secondary N) is 4. The third-order valence-electron chi connectivity index (χ3n) is 14.1. The van der Waals surface area contributed by atoms with E-state index in [-0.39, 0.29) is 34.7 Å². The van der Waals surface area contributed by atoms with Crippen molar-refractivity contribution in [1.29, 1.82) is 0 Å². The molecule has 8 N–H and O–H groups in total. The van der Waals surface area contributed by atoms with E-state index < -0.39 is 29.5 Å². The molecule has 2 aliphatic heterocycles. The number of hydrogen-bond donors (Lipinski definition) is 6. The summed E-state index contributed by atoms with van der Waals surface area (Å²) in [7, 11) is 5.73. The number of aromatic nitrogens is 8. The van der Waals surface area contributed by atoms with Crippen LogP contribution < -0.4 is 42.5 Å². The Morgan fingerprint density at radius 3 is 1.65 bits per heavy atom. The fraction of sp³-hybridized carbons (Fsp3) is 0.321. The first kappa shape index (κ1) is 56.7. The Balaban J connectivity index is 0.000000203. The van der Waals surface area contributed by atoms with Gasteiger partial charge < -0.3 is 47.4 Å². The number of rotatable bonds is 13. The van der Waals surface area contributed by atoms with Crippen LogP contribution in [0.5, 0.6) is 0 Å². The second kappa shape index (κ2) is 23.8. The van der Waals surface area contributed by atoms with Crippen LogP contribution in [0.3, 0.4) is 0 Å². The van der Waals surface area contributed by atoms with E-state index in [1.807, 2.05) is 19.9 Å². The minimum Gasteiger partial charge on any atom is -0.382 e. The van der Waals surface area contributed by atoms with E-state index in [0.717, 1.165) is 62.5 Å². The lowest BCUT2D eigenvalue weighted by atomic mass is 10.0. The van der Waals surface area contributed by atoms with Gasteiger partial charge in [0.15, 0.2) is 23.3 Å². The van der Waals surface area contributed by atoms with Gasteiger partial charge in [-0.15, -0.1) is 0 Å². The smallest absolute Gasteiger partial charge is 0.382 e. The second-order valence-corrected chi connectivity index (χ2v) is 20.0. The largest absolute Gasteiger partial charge is 0.416 e. The first-order chi connectivity index (χ1) is 38.6. The molecule has 6 heterocycles. The molecule has 2 aliphatic rings. The molecule has 2 fully saturated rings. The number of nitrogens with zero attached hydrogens (tertiary/aromatic N) is 12. The number of alkyl halides is 5. The number of likely N-dealkylation sites (tertiary alicyclic amines) is 1. The van der Waals surface area contributed by atoms with E-state index in [1.165, 1.54) is 68.8 Å². The van der Waals surface area contributed by atoms with E-state index in [2.05, 4.69) is 77.9 Å². The van der Waals surface area contributed by atoms with Crippen LogP contribution in [-0.2, 0) is 12.1 Å². The number of nitrogen functional groups attached to an aromatic ring is 2. The molecule has 0 spiro atoms. The van der Waals surface area contributed by atoms with Crippen LogP contribution in [0.15, 0.2) is 97.6 Å². The minimum absolute atomic E-state index is 0.111. The average molecular weight is 1110 g/mol. The summed E-state index contributed by atoms with van der Waals surface area (Å²) < 4.78 is 67.5. The molecule has 0 aliphatic carbocycles. The highest BCUT2D eigenvalue weighted by Crippen LogP contribution is 2.35. The van der Waals surface area contributed by atoms with Gasteiger partial charge in [-0.2, -0.15) is 23.1 Å². The Morgan fingerprint density at radius 2 is 1.14 bits per heavy atom. The van der Waals surface area contributed by atoms with E-state index in [1.54, 1.807) is 49.3 Å². The second-order valence-electron chi connectivity index (χ2n) is 20.0. The number of amides is 2. The summed E-state index contributed by atoms with van der Waals surface area (Å²) in [6.07, 6.45) is 0.223. The van der Waals surface area contributed by atoms with Crippen molar-refractivity contribution in [3.63, 3.8) is 0 Å². The molecule has 4 aromatic heterocycles. The summed E-state index contributed by atoms with van der Waals surface area (Å²) in [4.78, 5) is 69.9. The fourth-order valence-corrected chi connectivity index (χ4v) is 9.35. The van der Waals surface area contributed by atoms with Crippen LogP contribution in [0.2, 0.25) is 0 Å².